The maximum absolute atomic E-state index is 13.0. The molecule has 35 heavy (non-hydrogen) atoms. The highest BCUT2D eigenvalue weighted by Crippen LogP contribution is 2.35. The smallest absolute Gasteiger partial charge is 0.339 e. The van der Waals surface area contributed by atoms with Crippen LogP contribution in [0.2, 0.25) is 0 Å². The number of benzene rings is 1. The van der Waals surface area contributed by atoms with E-state index in [1.54, 1.807) is 0 Å². The fourth-order valence-corrected chi connectivity index (χ4v) is 5.54. The number of hydrogen-bond acceptors (Lipinski definition) is 5. The van der Waals surface area contributed by atoms with E-state index in [9.17, 15) is 19.2 Å². The van der Waals surface area contributed by atoms with Gasteiger partial charge in [-0.1, -0.05) is 32.0 Å². The third-order valence-electron chi connectivity index (χ3n) is 7.67. The fraction of sp³-hybridized carbons (Fsp3) is 0.615. The van der Waals surface area contributed by atoms with Crippen LogP contribution in [0.3, 0.4) is 0 Å². The number of imide groups is 1. The van der Waals surface area contributed by atoms with Gasteiger partial charge in [-0.25, -0.2) is 4.79 Å². The van der Waals surface area contributed by atoms with Gasteiger partial charge < -0.3 is 10.2 Å². The Bertz CT molecular complexity index is 936. The van der Waals surface area contributed by atoms with Crippen LogP contribution in [-0.4, -0.2) is 76.3 Å². The Labute approximate surface area is 207 Å². The summed E-state index contributed by atoms with van der Waals surface area (Å²) in [5, 5.41) is 3.72. The molecule has 3 aliphatic rings. The number of hydrogen-bond donors (Lipinski definition) is 2. The summed E-state index contributed by atoms with van der Waals surface area (Å²) < 4.78 is 0. The van der Waals surface area contributed by atoms with E-state index in [0.717, 1.165) is 43.7 Å². The van der Waals surface area contributed by atoms with Crippen molar-refractivity contribution in [1.82, 2.24) is 25.6 Å². The van der Waals surface area contributed by atoms with Crippen LogP contribution >= 0.6 is 0 Å². The molecular weight excluding hydrogens is 446 g/mol. The molecule has 3 fully saturated rings. The molecule has 190 valence electrons. The van der Waals surface area contributed by atoms with Gasteiger partial charge in [-0.3, -0.25) is 24.7 Å². The third-order valence-corrected chi connectivity index (χ3v) is 7.67. The lowest BCUT2D eigenvalue weighted by Gasteiger charge is -2.38. The van der Waals surface area contributed by atoms with E-state index in [1.165, 1.54) is 0 Å². The van der Waals surface area contributed by atoms with Crippen LogP contribution in [0.5, 0.6) is 0 Å². The summed E-state index contributed by atoms with van der Waals surface area (Å²) >= 11 is 0. The summed E-state index contributed by atoms with van der Waals surface area (Å²) in [6.45, 7) is 6.31. The van der Waals surface area contributed by atoms with Crippen LogP contribution in [0.4, 0.5) is 4.79 Å². The van der Waals surface area contributed by atoms with Gasteiger partial charge in [-0.15, -0.1) is 0 Å². The molecule has 2 heterocycles. The molecule has 1 aromatic rings. The van der Waals surface area contributed by atoms with Crippen molar-refractivity contribution >= 4 is 23.8 Å². The molecule has 1 spiro atoms. The predicted octanol–water partition coefficient (Wildman–Crippen LogP) is 2.54. The zero-order valence-electron chi connectivity index (χ0n) is 20.8. The standard InChI is InChI=1S/C26H37N5O4/c1-3-15-30(21-11-16-29(17-12-21)23(33)20-7-5-4-6-8-20)18-22(32)28-31-24(34)26(27-25(31)35)13-9-19(2)10-14-26/h4-8,19,21H,3,9-18H2,1-2H3,(H,27,35)(H,28,32). The first-order valence-corrected chi connectivity index (χ1v) is 12.9. The highest BCUT2D eigenvalue weighted by Gasteiger charge is 2.53. The monoisotopic (exact) mass is 483 g/mol. The summed E-state index contributed by atoms with van der Waals surface area (Å²) in [6.07, 6.45) is 5.39. The zero-order chi connectivity index (χ0) is 25.0. The Balaban J connectivity index is 1.31. The molecule has 9 nitrogen and oxygen atoms in total. The number of carbonyl (C=O) groups excluding carboxylic acids is 4. The van der Waals surface area contributed by atoms with Gasteiger partial charge in [0.2, 0.25) is 0 Å². The fourth-order valence-electron chi connectivity index (χ4n) is 5.54. The molecule has 0 radical (unpaired) electrons. The maximum atomic E-state index is 13.0. The van der Waals surface area contributed by atoms with Crippen molar-refractivity contribution in [2.24, 2.45) is 5.92 Å². The molecule has 0 bridgehead atoms. The minimum absolute atomic E-state index is 0.0356. The summed E-state index contributed by atoms with van der Waals surface area (Å²) in [6, 6.07) is 8.90. The number of piperidine rings is 1. The average Bonchev–Trinajstić information content (AvgIpc) is 3.10. The first-order valence-electron chi connectivity index (χ1n) is 12.9. The minimum Gasteiger partial charge on any atom is -0.339 e. The van der Waals surface area contributed by atoms with Gasteiger partial charge in [0, 0.05) is 24.7 Å². The zero-order valence-corrected chi connectivity index (χ0v) is 20.8. The highest BCUT2D eigenvalue weighted by atomic mass is 16.2. The van der Waals surface area contributed by atoms with E-state index >= 15 is 0 Å². The summed E-state index contributed by atoms with van der Waals surface area (Å²) in [4.78, 5) is 55.2. The van der Waals surface area contributed by atoms with Crippen LogP contribution in [0, 0.1) is 5.92 Å². The normalized spacial score (nSPS) is 25.3. The third kappa shape index (κ3) is 5.50. The molecule has 1 saturated carbocycles. The molecule has 2 N–H and O–H groups in total. The Morgan fingerprint density at radius 3 is 2.37 bits per heavy atom. The van der Waals surface area contributed by atoms with E-state index in [-0.39, 0.29) is 30.3 Å². The number of carbonyl (C=O) groups is 4. The van der Waals surface area contributed by atoms with Crippen LogP contribution in [-0.2, 0) is 9.59 Å². The maximum Gasteiger partial charge on any atom is 0.344 e. The van der Waals surface area contributed by atoms with Crippen molar-refractivity contribution < 1.29 is 19.2 Å². The van der Waals surface area contributed by atoms with Crippen molar-refractivity contribution in [2.75, 3.05) is 26.2 Å². The quantitative estimate of drug-likeness (QED) is 0.581. The Morgan fingerprint density at radius 1 is 1.09 bits per heavy atom. The molecule has 0 unspecified atom stereocenters. The average molecular weight is 484 g/mol. The molecule has 2 aliphatic heterocycles. The van der Waals surface area contributed by atoms with E-state index in [2.05, 4.69) is 29.5 Å². The Hall–Kier alpha value is -2.94. The number of nitrogens with one attached hydrogen (secondary N) is 2. The number of rotatable bonds is 7. The Kier molecular flexibility index (Phi) is 7.74. The molecule has 1 aliphatic carbocycles. The minimum atomic E-state index is -0.877. The number of amides is 5. The van der Waals surface area contributed by atoms with Gasteiger partial charge in [0.1, 0.15) is 5.54 Å². The number of likely N-dealkylation sites (tertiary alicyclic amines) is 1. The first kappa shape index (κ1) is 25.2. The Morgan fingerprint density at radius 2 is 1.74 bits per heavy atom. The second kappa shape index (κ2) is 10.8. The van der Waals surface area contributed by atoms with Crippen molar-refractivity contribution in [1.29, 1.82) is 0 Å². The van der Waals surface area contributed by atoms with Crippen LogP contribution in [0.15, 0.2) is 30.3 Å². The molecule has 1 aromatic carbocycles. The van der Waals surface area contributed by atoms with Crippen molar-refractivity contribution in [3.63, 3.8) is 0 Å². The van der Waals surface area contributed by atoms with Crippen LogP contribution < -0.4 is 10.7 Å². The molecule has 4 rings (SSSR count). The van der Waals surface area contributed by atoms with Gasteiger partial charge in [0.15, 0.2) is 0 Å². The molecule has 0 aromatic heterocycles. The molecular formula is C26H37N5O4. The van der Waals surface area contributed by atoms with E-state index in [1.807, 2.05) is 35.2 Å². The van der Waals surface area contributed by atoms with Crippen molar-refractivity contribution in [2.45, 2.75) is 70.4 Å². The molecule has 0 atom stereocenters. The largest absolute Gasteiger partial charge is 0.344 e. The summed E-state index contributed by atoms with van der Waals surface area (Å²) in [5.41, 5.74) is 2.38. The summed E-state index contributed by atoms with van der Waals surface area (Å²) in [5.74, 6) is -0.150. The summed E-state index contributed by atoms with van der Waals surface area (Å²) in [7, 11) is 0. The van der Waals surface area contributed by atoms with E-state index in [4.69, 9.17) is 0 Å². The van der Waals surface area contributed by atoms with Crippen LogP contribution in [0.25, 0.3) is 0 Å². The van der Waals surface area contributed by atoms with Gasteiger partial charge in [0.25, 0.3) is 17.7 Å². The first-order chi connectivity index (χ1) is 16.8. The van der Waals surface area contributed by atoms with Gasteiger partial charge in [0.05, 0.1) is 6.54 Å². The molecule has 5 amide bonds. The van der Waals surface area contributed by atoms with Gasteiger partial charge in [-0.05, 0) is 69.5 Å². The number of nitrogens with zero attached hydrogens (tertiary/aromatic N) is 3. The number of hydrazine groups is 1. The topological polar surface area (TPSA) is 102 Å². The lowest BCUT2D eigenvalue weighted by atomic mass is 9.77. The lowest BCUT2D eigenvalue weighted by Crippen LogP contribution is -2.54. The highest BCUT2D eigenvalue weighted by molar-refractivity contribution is 6.08. The lowest BCUT2D eigenvalue weighted by molar-refractivity contribution is -0.140. The SMILES string of the molecule is CCCN(CC(=O)NN1C(=O)NC2(CCC(C)CC2)C1=O)C1CCN(C(=O)c2ccccc2)CC1. The second-order valence-electron chi connectivity index (χ2n) is 10.2. The van der Waals surface area contributed by atoms with Crippen molar-refractivity contribution in [3.05, 3.63) is 35.9 Å². The van der Waals surface area contributed by atoms with E-state index in [0.29, 0.717) is 37.4 Å². The number of urea groups is 1. The van der Waals surface area contributed by atoms with E-state index < -0.39 is 11.6 Å². The predicted molar refractivity (Wildman–Crippen MR) is 131 cm³/mol. The molecule has 9 heteroatoms. The van der Waals surface area contributed by atoms with Crippen molar-refractivity contribution in [3.8, 4) is 0 Å². The van der Waals surface area contributed by atoms with Crippen LogP contribution in [0.1, 0.15) is 69.2 Å². The second-order valence-corrected chi connectivity index (χ2v) is 10.2. The molecule has 2 saturated heterocycles. The van der Waals surface area contributed by atoms with Gasteiger partial charge >= 0.3 is 6.03 Å². The van der Waals surface area contributed by atoms with Gasteiger partial charge in [-0.2, -0.15) is 5.01 Å².